The van der Waals surface area contributed by atoms with Gasteiger partial charge in [0.15, 0.2) is 0 Å². The summed E-state index contributed by atoms with van der Waals surface area (Å²) >= 11 is 0. The van der Waals surface area contributed by atoms with E-state index in [4.69, 9.17) is 11.5 Å². The van der Waals surface area contributed by atoms with Crippen LogP contribution in [0.3, 0.4) is 0 Å². The summed E-state index contributed by atoms with van der Waals surface area (Å²) in [6, 6.07) is 3.86. The molecule has 0 saturated heterocycles. The smallest absolute Gasteiger partial charge is 0.123 e. The fourth-order valence-corrected chi connectivity index (χ4v) is 1.02. The van der Waals surface area contributed by atoms with Gasteiger partial charge in [-0.3, -0.25) is 4.99 Å². The Morgan fingerprint density at radius 3 is 2.67 bits per heavy atom. The van der Waals surface area contributed by atoms with Crippen LogP contribution >= 0.6 is 0 Å². The summed E-state index contributed by atoms with van der Waals surface area (Å²) in [6.45, 7) is 4.01. The molecule has 0 radical (unpaired) electrons. The lowest BCUT2D eigenvalue weighted by molar-refractivity contribution is 0.842. The predicted octanol–water partition coefficient (Wildman–Crippen LogP) is 1.44. The minimum atomic E-state index is 0.252. The van der Waals surface area contributed by atoms with E-state index in [1.165, 1.54) is 6.20 Å². The molecule has 15 heavy (non-hydrogen) atoms. The van der Waals surface area contributed by atoms with Gasteiger partial charge in [0.05, 0.1) is 0 Å². The van der Waals surface area contributed by atoms with E-state index in [0.29, 0.717) is 5.82 Å². The maximum atomic E-state index is 5.52. The van der Waals surface area contributed by atoms with E-state index < -0.39 is 0 Å². The quantitative estimate of drug-likeness (QED) is 0.731. The van der Waals surface area contributed by atoms with Crippen LogP contribution in [0.4, 0.5) is 5.82 Å². The fraction of sp³-hybridized carbons (Fsp3) is 0.273. The Morgan fingerprint density at radius 1 is 1.47 bits per heavy atom. The Bertz CT molecular complexity index is 363. The zero-order chi connectivity index (χ0) is 11.3. The molecule has 1 aromatic rings. The number of aliphatic imine (C=N–C) groups is 1. The molecule has 0 fully saturated rings. The highest BCUT2D eigenvalue weighted by Crippen LogP contribution is 2.11. The van der Waals surface area contributed by atoms with Gasteiger partial charge in [0, 0.05) is 35.8 Å². The first kappa shape index (κ1) is 11.2. The van der Waals surface area contributed by atoms with E-state index in [1.807, 2.05) is 19.9 Å². The van der Waals surface area contributed by atoms with Crippen molar-refractivity contribution in [2.75, 3.05) is 5.73 Å². The van der Waals surface area contributed by atoms with Gasteiger partial charge in [0.2, 0.25) is 0 Å². The number of pyridine rings is 1. The molecule has 0 atom stereocenters. The van der Waals surface area contributed by atoms with Gasteiger partial charge in [0.25, 0.3) is 0 Å². The molecule has 0 spiro atoms. The predicted molar refractivity (Wildman–Crippen MR) is 64.4 cm³/mol. The molecule has 0 aliphatic heterocycles. The number of nitrogen functional groups attached to an aromatic ring is 1. The van der Waals surface area contributed by atoms with Crippen molar-refractivity contribution in [2.24, 2.45) is 10.7 Å². The fourth-order valence-electron chi connectivity index (χ4n) is 1.02. The first-order valence-corrected chi connectivity index (χ1v) is 4.80. The molecule has 4 nitrogen and oxygen atoms in total. The van der Waals surface area contributed by atoms with Crippen molar-refractivity contribution < 1.29 is 0 Å². The number of aromatic nitrogens is 1. The van der Waals surface area contributed by atoms with Crippen LogP contribution < -0.4 is 11.5 Å². The Balaban J connectivity index is 2.89. The molecule has 80 valence electrons. The number of nitrogens with two attached hydrogens (primary N) is 2. The van der Waals surface area contributed by atoms with Crippen molar-refractivity contribution >= 4 is 17.6 Å². The molecule has 1 rings (SSSR count). The molecule has 0 aliphatic rings. The van der Waals surface area contributed by atoms with Crippen molar-refractivity contribution in [3.05, 3.63) is 30.1 Å². The third-order valence-corrected chi connectivity index (χ3v) is 1.81. The molecule has 0 amide bonds. The van der Waals surface area contributed by atoms with Gasteiger partial charge < -0.3 is 11.5 Å². The first-order chi connectivity index (χ1) is 7.13. The van der Waals surface area contributed by atoms with Crippen LogP contribution in [0.15, 0.2) is 29.5 Å². The van der Waals surface area contributed by atoms with Gasteiger partial charge in [-0.1, -0.05) is 0 Å². The molecule has 0 unspecified atom stereocenters. The molecule has 1 heterocycles. The monoisotopic (exact) mass is 204 g/mol. The maximum absolute atomic E-state index is 5.52. The van der Waals surface area contributed by atoms with Gasteiger partial charge in [-0.15, -0.1) is 0 Å². The Hall–Kier alpha value is -1.84. The lowest BCUT2D eigenvalue weighted by Gasteiger charge is -2.02. The lowest BCUT2D eigenvalue weighted by Crippen LogP contribution is -1.97. The van der Waals surface area contributed by atoms with Crippen molar-refractivity contribution in [2.45, 2.75) is 19.9 Å². The van der Waals surface area contributed by atoms with E-state index in [-0.39, 0.29) is 6.04 Å². The number of hydrogen-bond acceptors (Lipinski definition) is 4. The van der Waals surface area contributed by atoms with Crippen LogP contribution in [0.1, 0.15) is 19.4 Å². The maximum Gasteiger partial charge on any atom is 0.123 e. The van der Waals surface area contributed by atoms with Crippen molar-refractivity contribution in [1.82, 2.24) is 4.98 Å². The second-order valence-electron chi connectivity index (χ2n) is 3.47. The zero-order valence-electron chi connectivity index (χ0n) is 9.01. The molecule has 0 aliphatic carbocycles. The summed E-state index contributed by atoms with van der Waals surface area (Å²) in [5.74, 6) is 0.496. The number of rotatable bonds is 3. The largest absolute Gasteiger partial charge is 0.404 e. The van der Waals surface area contributed by atoms with Gasteiger partial charge in [-0.2, -0.15) is 0 Å². The Kier molecular flexibility index (Phi) is 3.85. The summed E-state index contributed by atoms with van der Waals surface area (Å²) in [5, 5.41) is 0. The molecule has 4 N–H and O–H groups in total. The molecular formula is C11H16N4. The highest BCUT2D eigenvalue weighted by molar-refractivity contribution is 6.09. The molecule has 1 aromatic heterocycles. The summed E-state index contributed by atoms with van der Waals surface area (Å²) in [6.07, 6.45) is 4.94. The zero-order valence-corrected chi connectivity index (χ0v) is 9.01. The second kappa shape index (κ2) is 5.14. The highest BCUT2D eigenvalue weighted by atomic mass is 14.8. The number of nitrogens with zero attached hydrogens (tertiary/aromatic N) is 2. The molecular weight excluding hydrogens is 188 g/mol. The summed E-state index contributed by atoms with van der Waals surface area (Å²) in [5.41, 5.74) is 12.8. The highest BCUT2D eigenvalue weighted by Gasteiger charge is 1.98. The van der Waals surface area contributed by atoms with Crippen molar-refractivity contribution in [3.8, 4) is 0 Å². The van der Waals surface area contributed by atoms with Crippen molar-refractivity contribution in [1.29, 1.82) is 0 Å². The minimum Gasteiger partial charge on any atom is -0.404 e. The van der Waals surface area contributed by atoms with Crippen LogP contribution in [-0.2, 0) is 0 Å². The number of hydrogen-bond donors (Lipinski definition) is 2. The standard InChI is InChI=1S/C11H16N4/c1-8(2)14-7-10(5-12)9-3-4-11(13)15-6-9/h3-8H,12H2,1-2H3,(H2,13,15). The van der Waals surface area contributed by atoms with E-state index in [9.17, 15) is 0 Å². The van der Waals surface area contributed by atoms with Crippen LogP contribution in [0.25, 0.3) is 5.57 Å². The topological polar surface area (TPSA) is 77.3 Å². The van der Waals surface area contributed by atoms with Crippen LogP contribution in [0.2, 0.25) is 0 Å². The normalized spacial score (nSPS) is 12.6. The van der Waals surface area contributed by atoms with Crippen LogP contribution in [0, 0.1) is 0 Å². The first-order valence-electron chi connectivity index (χ1n) is 4.80. The van der Waals surface area contributed by atoms with E-state index in [0.717, 1.165) is 11.1 Å². The van der Waals surface area contributed by atoms with Crippen molar-refractivity contribution in [3.63, 3.8) is 0 Å². The second-order valence-corrected chi connectivity index (χ2v) is 3.47. The lowest BCUT2D eigenvalue weighted by atomic mass is 10.1. The minimum absolute atomic E-state index is 0.252. The third-order valence-electron chi connectivity index (χ3n) is 1.81. The van der Waals surface area contributed by atoms with Crippen LogP contribution in [-0.4, -0.2) is 17.2 Å². The average Bonchev–Trinajstić information content (AvgIpc) is 2.21. The number of allylic oxidation sites excluding steroid dienone is 1. The van der Waals surface area contributed by atoms with Crippen LogP contribution in [0.5, 0.6) is 0 Å². The van der Waals surface area contributed by atoms with Gasteiger partial charge in [0.1, 0.15) is 5.82 Å². The van der Waals surface area contributed by atoms with E-state index in [1.54, 1.807) is 18.5 Å². The van der Waals surface area contributed by atoms with Gasteiger partial charge in [-0.25, -0.2) is 4.98 Å². The molecule has 0 aromatic carbocycles. The van der Waals surface area contributed by atoms with E-state index >= 15 is 0 Å². The van der Waals surface area contributed by atoms with Gasteiger partial charge >= 0.3 is 0 Å². The SMILES string of the molecule is CC(C)N=CC(=CN)c1ccc(N)nc1. The number of anilines is 1. The molecule has 0 bridgehead atoms. The Morgan fingerprint density at radius 2 is 2.20 bits per heavy atom. The summed E-state index contributed by atoms with van der Waals surface area (Å²) in [7, 11) is 0. The Labute approximate surface area is 89.7 Å². The third kappa shape index (κ3) is 3.42. The average molecular weight is 204 g/mol. The summed E-state index contributed by atoms with van der Waals surface area (Å²) < 4.78 is 0. The molecule has 0 saturated carbocycles. The summed E-state index contributed by atoms with van der Waals surface area (Å²) in [4.78, 5) is 8.26. The molecule has 4 heteroatoms. The van der Waals surface area contributed by atoms with Gasteiger partial charge in [-0.05, 0) is 26.0 Å². The van der Waals surface area contributed by atoms with E-state index in [2.05, 4.69) is 9.98 Å².